The van der Waals surface area contributed by atoms with Gasteiger partial charge in [-0.05, 0) is 84.6 Å². The summed E-state index contributed by atoms with van der Waals surface area (Å²) in [7, 11) is 4.60. The lowest BCUT2D eigenvalue weighted by Gasteiger charge is -2.49. The van der Waals surface area contributed by atoms with Gasteiger partial charge in [-0.1, -0.05) is 38.5 Å². The van der Waals surface area contributed by atoms with Gasteiger partial charge < -0.3 is 33.6 Å². The smallest absolute Gasteiger partial charge is 0.155 e. The largest absolute Gasteiger partial charge is 1.00 e. The zero-order valence-electron chi connectivity index (χ0n) is 21.3. The molecular weight excluding hydrogens is 521 g/mol. The van der Waals surface area contributed by atoms with Crippen molar-refractivity contribution in [3.8, 4) is 0 Å². The number of fused-ring (bicyclic) bond motifs is 5. The van der Waals surface area contributed by atoms with E-state index in [1.165, 1.54) is 23.1 Å². The second kappa shape index (κ2) is 8.74. The molecule has 182 valence electrons. The summed E-state index contributed by atoms with van der Waals surface area (Å²) >= 11 is 0. The first-order chi connectivity index (χ1) is 15.0. The number of aliphatic hydroxyl groups is 1. The summed E-state index contributed by atoms with van der Waals surface area (Å²) in [5.74, 6) is 2.50. The number of rotatable bonds is 2. The molecular formula is C29H42INO2. The van der Waals surface area contributed by atoms with E-state index in [9.17, 15) is 9.90 Å². The number of piperidine rings is 1. The number of ketones is 1. The fourth-order valence-electron chi connectivity index (χ4n) is 8.72. The van der Waals surface area contributed by atoms with Crippen LogP contribution in [0.4, 0.5) is 0 Å². The average Bonchev–Trinajstić information content (AvgIpc) is 3.08. The Bertz CT molecular complexity index is 982. The minimum Gasteiger partial charge on any atom is -1.00 e. The van der Waals surface area contributed by atoms with Gasteiger partial charge in [0, 0.05) is 18.3 Å². The number of carbonyl (C=O) groups is 1. The van der Waals surface area contributed by atoms with Crippen LogP contribution in [-0.2, 0) is 11.2 Å². The molecule has 1 N–H and O–H groups in total. The first-order valence-electron chi connectivity index (χ1n) is 12.9. The van der Waals surface area contributed by atoms with Gasteiger partial charge in [-0.15, -0.1) is 0 Å². The Hall–Kier alpha value is -0.720. The van der Waals surface area contributed by atoms with E-state index in [2.05, 4.69) is 53.9 Å². The molecule has 5 rings (SSSR count). The summed E-state index contributed by atoms with van der Waals surface area (Å²) in [6.45, 7) is 10.5. The fraction of sp³-hybridized carbons (Fsp3) is 0.690. The van der Waals surface area contributed by atoms with E-state index in [4.69, 9.17) is 0 Å². The molecule has 0 radical (unpaired) electrons. The molecule has 1 aromatic rings. The first kappa shape index (κ1) is 25.4. The Kier molecular flexibility index (Phi) is 6.72. The van der Waals surface area contributed by atoms with E-state index >= 15 is 0 Å². The predicted octanol–water partition coefficient (Wildman–Crippen LogP) is 2.29. The van der Waals surface area contributed by atoms with E-state index < -0.39 is 0 Å². The van der Waals surface area contributed by atoms with Crippen molar-refractivity contribution in [3.63, 3.8) is 0 Å². The van der Waals surface area contributed by atoms with Crippen LogP contribution >= 0.6 is 0 Å². The summed E-state index contributed by atoms with van der Waals surface area (Å²) < 4.78 is 0.894. The molecule has 7 atom stereocenters. The monoisotopic (exact) mass is 563 g/mol. The maximum Gasteiger partial charge on any atom is 0.155 e. The van der Waals surface area contributed by atoms with Crippen molar-refractivity contribution < 1.29 is 38.4 Å². The number of nitrogens with zero attached hydrogens (tertiary/aromatic N) is 1. The van der Waals surface area contributed by atoms with Crippen molar-refractivity contribution in [1.82, 2.24) is 0 Å². The van der Waals surface area contributed by atoms with Crippen LogP contribution in [0.3, 0.4) is 0 Å². The molecule has 2 fully saturated rings. The molecule has 3 aliphatic carbocycles. The summed E-state index contributed by atoms with van der Waals surface area (Å²) in [6, 6.07) is 5.07. The van der Waals surface area contributed by atoms with Gasteiger partial charge >= 0.3 is 0 Å². The predicted molar refractivity (Wildman–Crippen MR) is 130 cm³/mol. The highest BCUT2D eigenvalue weighted by Crippen LogP contribution is 2.60. The number of aliphatic hydroxyl groups excluding tert-OH is 1. The van der Waals surface area contributed by atoms with Gasteiger partial charge in [0.25, 0.3) is 0 Å². The maximum atomic E-state index is 12.1. The third-order valence-corrected chi connectivity index (χ3v) is 10.1. The van der Waals surface area contributed by atoms with Crippen LogP contribution in [-0.4, -0.2) is 48.2 Å². The van der Waals surface area contributed by atoms with Gasteiger partial charge in [-0.2, -0.15) is 0 Å². The average molecular weight is 564 g/mol. The van der Waals surface area contributed by atoms with Crippen LogP contribution in [0.1, 0.15) is 87.0 Å². The summed E-state index contributed by atoms with van der Waals surface area (Å²) in [4.78, 5) is 12.1. The number of hydrogen-bond acceptors (Lipinski definition) is 2. The molecule has 1 heterocycles. The quantitative estimate of drug-likeness (QED) is 0.443. The number of benzene rings is 1. The lowest BCUT2D eigenvalue weighted by atomic mass is 9.57. The molecule has 1 saturated heterocycles. The Labute approximate surface area is 217 Å². The maximum absolute atomic E-state index is 12.1. The number of hydrogen-bond donors (Lipinski definition) is 1. The van der Waals surface area contributed by atoms with Crippen molar-refractivity contribution in [3.05, 3.63) is 46.0 Å². The Morgan fingerprint density at radius 3 is 2.64 bits per heavy atom. The van der Waals surface area contributed by atoms with Gasteiger partial charge in [0.15, 0.2) is 5.78 Å². The van der Waals surface area contributed by atoms with Crippen molar-refractivity contribution in [2.75, 3.05) is 20.6 Å². The van der Waals surface area contributed by atoms with E-state index in [1.807, 2.05) is 6.08 Å². The molecule has 0 aromatic heterocycles. The fourth-order valence-corrected chi connectivity index (χ4v) is 8.72. The third-order valence-electron chi connectivity index (χ3n) is 10.1. The lowest BCUT2D eigenvalue weighted by Crippen LogP contribution is -3.00. The van der Waals surface area contributed by atoms with Gasteiger partial charge in [0.05, 0.1) is 20.6 Å². The highest BCUT2D eigenvalue weighted by molar-refractivity contribution is 5.91. The molecule has 0 spiro atoms. The number of quaternary nitrogens is 1. The van der Waals surface area contributed by atoms with Crippen LogP contribution in [0, 0.1) is 24.2 Å². The number of likely N-dealkylation sites (N-methyl/N-ethyl adjacent to an activating group) is 1. The van der Waals surface area contributed by atoms with Crippen LogP contribution in [0.15, 0.2) is 23.8 Å². The number of allylic oxidation sites excluding steroid dienone is 2. The molecule has 1 aromatic carbocycles. The van der Waals surface area contributed by atoms with Crippen molar-refractivity contribution in [1.29, 1.82) is 0 Å². The topological polar surface area (TPSA) is 37.3 Å². The van der Waals surface area contributed by atoms with E-state index in [1.54, 1.807) is 11.1 Å². The highest BCUT2D eigenvalue weighted by atomic mass is 127. The molecule has 1 aliphatic heterocycles. The zero-order chi connectivity index (χ0) is 23.0. The SMILES string of the molecule is Cc1c([C@H](C)[C@H]2[C@H](O)C[C@H](C)C[N+]2(C)C)ccc2c1C[C@H]1[C@H]2CCC2=CC(=O)CC[C@@]21C.[I-]. The second-order valence-corrected chi connectivity index (χ2v) is 12.5. The van der Waals surface area contributed by atoms with Crippen LogP contribution < -0.4 is 24.0 Å². The molecule has 33 heavy (non-hydrogen) atoms. The van der Waals surface area contributed by atoms with Gasteiger partial charge in [0.1, 0.15) is 12.1 Å². The van der Waals surface area contributed by atoms with Crippen molar-refractivity contribution in [2.24, 2.45) is 17.3 Å². The Morgan fingerprint density at radius 2 is 1.94 bits per heavy atom. The summed E-state index contributed by atoms with van der Waals surface area (Å²) in [5, 5.41) is 11.1. The molecule has 1 saturated carbocycles. The van der Waals surface area contributed by atoms with Crippen molar-refractivity contribution in [2.45, 2.75) is 90.2 Å². The molecule has 3 nitrogen and oxygen atoms in total. The van der Waals surface area contributed by atoms with Gasteiger partial charge in [0.2, 0.25) is 0 Å². The standard InChI is InChI=1S/C29H42NO2.HI/c1-17-13-27(32)28(30(5,6)16-17)19(3)22-9-10-23-24-8-7-20-14-21(31)11-12-29(20,4)26(24)15-25(23)18(22)2;/h9-10,14,17,19,24,26-28,32H,7-8,11-13,15-16H2,1-6H3;1H/q+1;/p-1/t17-,19-,24-,26-,27+,28-,29-;/m0./s1. The lowest BCUT2D eigenvalue weighted by molar-refractivity contribution is -0.928. The summed E-state index contributed by atoms with van der Waals surface area (Å²) in [6.07, 6.45) is 7.81. The zero-order valence-corrected chi connectivity index (χ0v) is 23.5. The van der Waals surface area contributed by atoms with E-state index in [0.717, 1.165) is 36.7 Å². The van der Waals surface area contributed by atoms with Gasteiger partial charge in [-0.3, -0.25) is 4.79 Å². The van der Waals surface area contributed by atoms with Gasteiger partial charge in [-0.25, -0.2) is 0 Å². The third kappa shape index (κ3) is 3.96. The molecule has 0 amide bonds. The number of likely N-dealkylation sites (tertiary alicyclic amines) is 1. The normalized spacial score (nSPS) is 37.8. The molecule has 0 unspecified atom stereocenters. The minimum absolute atomic E-state index is 0. The van der Waals surface area contributed by atoms with Crippen LogP contribution in [0.2, 0.25) is 0 Å². The molecule has 4 heteroatoms. The Balaban J connectivity index is 0.00000259. The number of halogens is 1. The molecule has 4 aliphatic rings. The van der Waals surface area contributed by atoms with Crippen molar-refractivity contribution >= 4 is 5.78 Å². The highest BCUT2D eigenvalue weighted by Gasteiger charge is 2.51. The van der Waals surface area contributed by atoms with E-state index in [-0.39, 0.29) is 41.5 Å². The Morgan fingerprint density at radius 1 is 1.21 bits per heavy atom. The van der Waals surface area contributed by atoms with Crippen LogP contribution in [0.5, 0.6) is 0 Å². The minimum atomic E-state index is -0.245. The van der Waals surface area contributed by atoms with Crippen LogP contribution in [0.25, 0.3) is 0 Å². The van der Waals surface area contributed by atoms with E-state index in [0.29, 0.717) is 35.9 Å². The molecule has 0 bridgehead atoms. The number of carbonyl (C=O) groups excluding carboxylic acids is 1. The second-order valence-electron chi connectivity index (χ2n) is 12.5. The first-order valence-corrected chi connectivity index (χ1v) is 12.9. The summed E-state index contributed by atoms with van der Waals surface area (Å²) in [5.41, 5.74) is 7.67.